The molecule has 0 radical (unpaired) electrons. The molecule has 110 heavy (non-hydrogen) atoms. The molecule has 3 amide bonds. The van der Waals surface area contributed by atoms with Gasteiger partial charge in [0.25, 0.3) is 17.7 Å². The Balaban J connectivity index is 0.992. The SMILES string of the molecule is NC(=O)c1nc(Cn2nc(-c3ccc(Cl)cc3)n(C[C@H](OP(=O)(O[C@@H](Cn3c(-c4ccc(Cl)cc4)nn(Cc4nc(C(N)=O)n(-c5ncccc5Cl)n4)c3=O)C(F)(F)F)O[C@@H](Cn3c(-c4ccc(Cl)cc4)nn(Cc4nc(C(N)=O)n(-c5ncccc5Cl)n4)c3=O)C(F)(F)F)C(F)(F)F)c2=O)nn1-c1ncccc1Cl. The molecular weight excluding hydrogens is 1630 g/mol. The van der Waals surface area contributed by atoms with E-state index in [0.717, 1.165) is 86.8 Å². The highest BCUT2D eigenvalue weighted by Gasteiger charge is 2.56. The van der Waals surface area contributed by atoms with Crippen molar-refractivity contribution in [1.82, 2.24) is 102 Å². The summed E-state index contributed by atoms with van der Waals surface area (Å²) in [6.45, 7) is -9.41. The quantitative estimate of drug-likeness (QED) is 0.0321. The van der Waals surface area contributed by atoms with Crippen molar-refractivity contribution < 1.29 is 72.0 Å². The maximum atomic E-state index is 16.3. The number of primary amides is 3. The van der Waals surface area contributed by atoms with Crippen molar-refractivity contribution in [2.75, 3.05) is 0 Å². The second kappa shape index (κ2) is 31.2. The Labute approximate surface area is 635 Å². The molecule has 0 spiro atoms. The Bertz CT molecular complexity index is 5220. The number of phosphoric ester groups is 1. The lowest BCUT2D eigenvalue weighted by molar-refractivity contribution is -0.234. The number of phosphoric acid groups is 1. The summed E-state index contributed by atoms with van der Waals surface area (Å²) in [5.74, 6) is -10.5. The predicted octanol–water partition coefficient (Wildman–Crippen LogP) is 8.40. The van der Waals surface area contributed by atoms with Crippen LogP contribution in [0.2, 0.25) is 30.1 Å². The van der Waals surface area contributed by atoms with Gasteiger partial charge in [-0.15, -0.1) is 30.6 Å². The first-order chi connectivity index (χ1) is 51.9. The fraction of sp³-hybridized carbons (Fsp3) is 0.200. The summed E-state index contributed by atoms with van der Waals surface area (Å²) in [4.78, 5) is 106. The number of hydrogen-bond acceptors (Lipinski definition) is 22. The molecule has 50 heteroatoms. The zero-order valence-corrected chi connectivity index (χ0v) is 59.9. The van der Waals surface area contributed by atoms with Gasteiger partial charge in [-0.2, -0.15) is 53.6 Å². The number of pyridine rings is 3. The summed E-state index contributed by atoms with van der Waals surface area (Å²) < 4.78 is 181. The van der Waals surface area contributed by atoms with Crippen molar-refractivity contribution in [2.45, 2.75) is 76.1 Å². The Morgan fingerprint density at radius 2 is 0.645 bits per heavy atom. The van der Waals surface area contributed by atoms with Crippen LogP contribution in [0.25, 0.3) is 51.6 Å². The van der Waals surface area contributed by atoms with Gasteiger partial charge in [-0.25, -0.2) is 62.9 Å². The third kappa shape index (κ3) is 17.0. The summed E-state index contributed by atoms with van der Waals surface area (Å²) in [5, 5.41) is 24.4. The second-order valence-electron chi connectivity index (χ2n) is 22.8. The third-order valence-electron chi connectivity index (χ3n) is 15.3. The number of hydrogen-bond donors (Lipinski definition) is 3. The molecule has 9 heterocycles. The van der Waals surface area contributed by atoms with Gasteiger partial charge in [0.15, 0.2) is 70.7 Å². The van der Waals surface area contributed by atoms with Gasteiger partial charge in [-0.3, -0.25) is 41.7 Å². The molecule has 34 nitrogen and oxygen atoms in total. The molecule has 9 aromatic heterocycles. The van der Waals surface area contributed by atoms with Crippen LogP contribution < -0.4 is 34.3 Å². The summed E-state index contributed by atoms with van der Waals surface area (Å²) >= 11 is 37.4. The maximum Gasteiger partial charge on any atom is 0.476 e. The topological polar surface area (TPSA) is 424 Å². The van der Waals surface area contributed by atoms with Crippen LogP contribution in [-0.4, -0.2) is 157 Å². The molecule has 0 saturated carbocycles. The Morgan fingerprint density at radius 3 is 0.864 bits per heavy atom. The molecule has 12 rings (SSSR count). The molecule has 3 atom stereocenters. The number of amides is 3. The van der Waals surface area contributed by atoms with Gasteiger partial charge in [0.1, 0.15) is 19.6 Å². The lowest BCUT2D eigenvalue weighted by Gasteiger charge is -2.32. The van der Waals surface area contributed by atoms with Gasteiger partial charge in [-0.05, 0) is 109 Å². The fourth-order valence-electron chi connectivity index (χ4n) is 10.4. The zero-order chi connectivity index (χ0) is 79.2. The number of alkyl halides is 9. The van der Waals surface area contributed by atoms with Gasteiger partial charge < -0.3 is 17.2 Å². The minimum absolute atomic E-state index is 0.0105. The molecule has 0 aliphatic carbocycles. The number of nitrogens with two attached hydrogens (primary N) is 3. The van der Waals surface area contributed by atoms with E-state index in [2.05, 4.69) is 60.5 Å². The largest absolute Gasteiger partial charge is 0.476 e. The Hall–Kier alpha value is -11.0. The van der Waals surface area contributed by atoms with Crippen molar-refractivity contribution in [3.63, 3.8) is 0 Å². The van der Waals surface area contributed by atoms with Gasteiger partial charge in [0, 0.05) is 50.3 Å². The first-order valence-electron chi connectivity index (χ1n) is 30.7. The average molecular weight is 1670 g/mol. The molecule has 0 unspecified atom stereocenters. The average Bonchev–Trinajstić information content (AvgIpc) is 1.56. The third-order valence-corrected chi connectivity index (χ3v) is 18.5. The van der Waals surface area contributed by atoms with E-state index in [9.17, 15) is 28.8 Å². The van der Waals surface area contributed by atoms with Crippen molar-refractivity contribution in [3.8, 4) is 51.6 Å². The number of carbonyl (C=O) groups is 3. The van der Waals surface area contributed by atoms with Crippen LogP contribution in [0.1, 0.15) is 49.3 Å². The van der Waals surface area contributed by atoms with E-state index in [4.69, 9.17) is 100 Å². The molecule has 0 saturated heterocycles. The van der Waals surface area contributed by atoms with Gasteiger partial charge in [-0.1, -0.05) is 69.6 Å². The molecule has 12 aromatic rings. The van der Waals surface area contributed by atoms with Crippen molar-refractivity contribution in [2.24, 2.45) is 17.2 Å². The van der Waals surface area contributed by atoms with E-state index in [-0.39, 0.29) is 78.0 Å². The highest BCUT2D eigenvalue weighted by molar-refractivity contribution is 7.48. The lowest BCUT2D eigenvalue weighted by Crippen LogP contribution is -2.43. The molecule has 0 aliphatic heterocycles. The fourth-order valence-corrected chi connectivity index (χ4v) is 13.0. The first kappa shape index (κ1) is 78.6. The summed E-state index contributed by atoms with van der Waals surface area (Å²) in [7, 11) is -7.58. The Kier molecular flexibility index (Phi) is 22.3. The number of aromatic nitrogens is 21. The number of benzene rings is 3. The molecule has 572 valence electrons. The van der Waals surface area contributed by atoms with Gasteiger partial charge in [0.05, 0.1) is 34.7 Å². The second-order valence-corrected chi connectivity index (χ2v) is 26.9. The Morgan fingerprint density at radius 1 is 0.400 bits per heavy atom. The summed E-state index contributed by atoms with van der Waals surface area (Å²) in [5.41, 5.74) is 10.9. The van der Waals surface area contributed by atoms with E-state index in [0.29, 0.717) is 14.0 Å². The number of nitrogens with zero attached hydrogens (tertiary/aromatic N) is 21. The van der Waals surface area contributed by atoms with Crippen LogP contribution in [0.5, 0.6) is 0 Å². The summed E-state index contributed by atoms with van der Waals surface area (Å²) in [6, 6.07) is 21.6. The van der Waals surface area contributed by atoms with E-state index < -0.39 is 171 Å². The molecule has 3 aromatic carbocycles. The van der Waals surface area contributed by atoms with Crippen LogP contribution >= 0.6 is 77.4 Å². The molecular formula is C60H42Cl6F9N24O10P. The van der Waals surface area contributed by atoms with Crippen molar-refractivity contribution in [3.05, 3.63) is 224 Å². The van der Waals surface area contributed by atoms with Crippen LogP contribution in [0.3, 0.4) is 0 Å². The van der Waals surface area contributed by atoms with Gasteiger partial charge in [0.2, 0.25) is 17.5 Å². The van der Waals surface area contributed by atoms with E-state index in [1.165, 1.54) is 55.0 Å². The number of halogens is 15. The summed E-state index contributed by atoms with van der Waals surface area (Å²) in [6.07, 6.45) is -27.4. The lowest BCUT2D eigenvalue weighted by atomic mass is 10.2. The van der Waals surface area contributed by atoms with Crippen LogP contribution in [0, 0.1) is 0 Å². The molecule has 0 bridgehead atoms. The normalized spacial score (nSPS) is 13.1. The zero-order valence-electron chi connectivity index (χ0n) is 54.4. The molecule has 0 fully saturated rings. The number of rotatable bonds is 27. The first-order valence-corrected chi connectivity index (χ1v) is 34.4. The van der Waals surface area contributed by atoms with Crippen molar-refractivity contribution in [1.29, 1.82) is 0 Å². The smallest absolute Gasteiger partial charge is 0.363 e. The predicted molar refractivity (Wildman–Crippen MR) is 367 cm³/mol. The van der Waals surface area contributed by atoms with E-state index >= 15 is 44.1 Å². The molecule has 0 aliphatic rings. The maximum absolute atomic E-state index is 16.3. The highest BCUT2D eigenvalue weighted by atomic mass is 35.5. The minimum Gasteiger partial charge on any atom is -0.363 e. The van der Waals surface area contributed by atoms with E-state index in [1.54, 1.807) is 0 Å². The monoisotopic (exact) mass is 1670 g/mol. The minimum atomic E-state index is -7.58. The van der Waals surface area contributed by atoms with Crippen LogP contribution in [0.15, 0.2) is 142 Å². The van der Waals surface area contributed by atoms with Gasteiger partial charge >= 0.3 is 43.4 Å². The van der Waals surface area contributed by atoms with Crippen LogP contribution in [0.4, 0.5) is 39.5 Å². The standard InChI is InChI=1S/C60H42Cl6F9N24O10P/c61-31-13-7-28(8-14-31)46-88-94(25-40-82-52(43(76)100)97(85-40)49-34(64)4-1-19-79-49)55(103)91(46)22-37(58(67,68)69)107-110(106,108-38(59(70,71)72)23-92-47(29-9-15-32(62)16-10-29)89-95(56(92)104)26-41-83-53(44(77)101)98(86-41)50-35(65)5-2-20-80-50)109-39(60(73,74)75)24-93-48(30-11-17-33(63)18-12-30)90-96(57(93)105)27-42-84-54(45(78)102)99(87-42)51-36(66)6-3-21-81-51/h1-21,37-39H,22-27H2,(H2,76,100)(H2,77,101)(H2,78,102)/t37-,38-,39-/m0/s1. The van der Waals surface area contributed by atoms with E-state index in [1.807, 2.05) is 0 Å². The molecule has 6 N–H and O–H groups in total. The highest BCUT2D eigenvalue weighted by Crippen LogP contribution is 2.58. The van der Waals surface area contributed by atoms with Crippen molar-refractivity contribution >= 4 is 95.1 Å². The van der Waals surface area contributed by atoms with Crippen LogP contribution in [-0.2, 0) is 57.4 Å². The number of carbonyl (C=O) groups excluding carboxylic acids is 3.